The molecule has 1 unspecified atom stereocenters. The Kier molecular flexibility index (Phi) is 3.36. The molecule has 0 bridgehead atoms. The number of methoxy groups -OCH3 is 1. The summed E-state index contributed by atoms with van der Waals surface area (Å²) in [5, 5.41) is 14.8. The lowest BCUT2D eigenvalue weighted by atomic mass is 10.1. The molecule has 1 aliphatic heterocycles. The molecule has 1 heterocycles. The summed E-state index contributed by atoms with van der Waals surface area (Å²) in [4.78, 5) is 22.8. The zero-order valence-corrected chi connectivity index (χ0v) is 9.90. The molecule has 0 spiro atoms. The third kappa shape index (κ3) is 2.53. The van der Waals surface area contributed by atoms with Crippen molar-refractivity contribution in [2.45, 2.75) is 6.42 Å². The van der Waals surface area contributed by atoms with Gasteiger partial charge in [-0.2, -0.15) is 0 Å². The topological polar surface area (TPSA) is 87.7 Å². The molecule has 6 nitrogen and oxygen atoms in total. The van der Waals surface area contributed by atoms with Gasteiger partial charge in [0.05, 0.1) is 13.0 Å². The molecule has 1 saturated heterocycles. The summed E-state index contributed by atoms with van der Waals surface area (Å²) >= 11 is 0. The van der Waals surface area contributed by atoms with Gasteiger partial charge in [-0.25, -0.2) is 0 Å². The molecule has 2 rings (SSSR count). The number of aromatic hydroxyl groups is 1. The van der Waals surface area contributed by atoms with Crippen LogP contribution in [-0.2, 0) is 9.59 Å². The first kappa shape index (κ1) is 12.2. The highest BCUT2D eigenvalue weighted by Gasteiger charge is 2.27. The minimum absolute atomic E-state index is 0.0454. The maximum Gasteiger partial charge on any atom is 0.229 e. The second kappa shape index (κ2) is 4.95. The Balaban J connectivity index is 2.03. The Bertz CT molecular complexity index is 487. The Morgan fingerprint density at radius 1 is 1.56 bits per heavy atom. The van der Waals surface area contributed by atoms with Gasteiger partial charge in [0.25, 0.3) is 0 Å². The van der Waals surface area contributed by atoms with Gasteiger partial charge in [0, 0.05) is 24.7 Å². The first-order valence-corrected chi connectivity index (χ1v) is 5.54. The van der Waals surface area contributed by atoms with Gasteiger partial charge in [-0.15, -0.1) is 0 Å². The number of hydrogen-bond donors (Lipinski definition) is 3. The van der Waals surface area contributed by atoms with Gasteiger partial charge in [-0.3, -0.25) is 9.59 Å². The highest BCUT2D eigenvalue weighted by molar-refractivity contribution is 5.97. The van der Waals surface area contributed by atoms with E-state index in [1.807, 2.05) is 0 Å². The summed E-state index contributed by atoms with van der Waals surface area (Å²) in [5.41, 5.74) is 0.470. The van der Waals surface area contributed by atoms with Crippen LogP contribution in [0.15, 0.2) is 18.2 Å². The molecule has 96 valence electrons. The number of carbonyl (C=O) groups is 2. The zero-order chi connectivity index (χ0) is 13.1. The van der Waals surface area contributed by atoms with E-state index in [2.05, 4.69) is 10.6 Å². The predicted molar refractivity (Wildman–Crippen MR) is 64.4 cm³/mol. The number of carbonyl (C=O) groups excluding carboxylic acids is 2. The first-order chi connectivity index (χ1) is 8.60. The monoisotopic (exact) mass is 250 g/mol. The number of benzene rings is 1. The lowest BCUT2D eigenvalue weighted by molar-refractivity contribution is -0.123. The van der Waals surface area contributed by atoms with Crippen LogP contribution < -0.4 is 15.4 Å². The molecular formula is C12H14N2O4. The third-order valence-electron chi connectivity index (χ3n) is 2.79. The highest BCUT2D eigenvalue weighted by Crippen LogP contribution is 2.28. The molecular weight excluding hydrogens is 236 g/mol. The highest BCUT2D eigenvalue weighted by atomic mass is 16.5. The van der Waals surface area contributed by atoms with Crippen molar-refractivity contribution in [2.24, 2.45) is 5.92 Å². The van der Waals surface area contributed by atoms with E-state index in [1.54, 1.807) is 12.1 Å². The van der Waals surface area contributed by atoms with E-state index in [9.17, 15) is 14.7 Å². The van der Waals surface area contributed by atoms with E-state index >= 15 is 0 Å². The van der Waals surface area contributed by atoms with E-state index in [0.717, 1.165) is 0 Å². The van der Waals surface area contributed by atoms with Crippen LogP contribution in [-0.4, -0.2) is 30.6 Å². The number of amides is 2. The second-order valence-corrected chi connectivity index (χ2v) is 4.08. The van der Waals surface area contributed by atoms with Crippen molar-refractivity contribution in [2.75, 3.05) is 19.0 Å². The molecule has 2 amide bonds. The van der Waals surface area contributed by atoms with Gasteiger partial charge in [0.1, 0.15) is 0 Å². The normalized spacial score (nSPS) is 18.3. The molecule has 3 N–H and O–H groups in total. The van der Waals surface area contributed by atoms with Gasteiger partial charge in [-0.1, -0.05) is 0 Å². The summed E-state index contributed by atoms with van der Waals surface area (Å²) in [7, 11) is 1.45. The van der Waals surface area contributed by atoms with E-state index in [-0.39, 0.29) is 29.9 Å². The molecule has 0 saturated carbocycles. The van der Waals surface area contributed by atoms with Crippen LogP contribution in [0, 0.1) is 5.92 Å². The fraction of sp³-hybridized carbons (Fsp3) is 0.333. The van der Waals surface area contributed by atoms with Crippen molar-refractivity contribution in [1.29, 1.82) is 0 Å². The summed E-state index contributed by atoms with van der Waals surface area (Å²) < 4.78 is 4.90. The molecule has 1 aliphatic rings. The fourth-order valence-electron chi connectivity index (χ4n) is 1.80. The minimum atomic E-state index is -0.359. The van der Waals surface area contributed by atoms with Crippen molar-refractivity contribution >= 4 is 17.5 Å². The lowest BCUT2D eigenvalue weighted by Gasteiger charge is -2.10. The number of rotatable bonds is 3. The SMILES string of the molecule is COc1ccc(NC(=O)C2CNC(=O)C2)cc1O. The molecule has 0 aromatic heterocycles. The molecule has 18 heavy (non-hydrogen) atoms. The molecule has 0 aliphatic carbocycles. The number of phenolic OH excluding ortho intramolecular Hbond substituents is 1. The molecule has 6 heteroatoms. The molecule has 1 atom stereocenters. The largest absolute Gasteiger partial charge is 0.504 e. The lowest BCUT2D eigenvalue weighted by Crippen LogP contribution is -2.24. The van der Waals surface area contributed by atoms with Gasteiger partial charge < -0.3 is 20.5 Å². The number of hydrogen-bond acceptors (Lipinski definition) is 4. The number of anilines is 1. The Hall–Kier alpha value is -2.24. The fourth-order valence-corrected chi connectivity index (χ4v) is 1.80. The predicted octanol–water partition coefficient (Wildman–Crippen LogP) is 0.475. The maximum atomic E-state index is 11.8. The van der Waals surface area contributed by atoms with Gasteiger partial charge in [-0.05, 0) is 12.1 Å². The molecule has 1 aromatic carbocycles. The average Bonchev–Trinajstić information content (AvgIpc) is 2.76. The maximum absolute atomic E-state index is 11.8. The van der Waals surface area contributed by atoms with Crippen molar-refractivity contribution in [3.05, 3.63) is 18.2 Å². The van der Waals surface area contributed by atoms with Crippen molar-refractivity contribution in [3.63, 3.8) is 0 Å². The summed E-state index contributed by atoms with van der Waals surface area (Å²) in [6, 6.07) is 4.59. The van der Waals surface area contributed by atoms with E-state index < -0.39 is 0 Å². The Labute approximate surface area is 104 Å². The van der Waals surface area contributed by atoms with Crippen molar-refractivity contribution in [3.8, 4) is 11.5 Å². The number of ether oxygens (including phenoxy) is 1. The van der Waals surface area contributed by atoms with E-state index in [0.29, 0.717) is 18.0 Å². The zero-order valence-electron chi connectivity index (χ0n) is 9.90. The number of phenols is 1. The summed E-state index contributed by atoms with van der Waals surface area (Å²) in [6.45, 7) is 0.354. The van der Waals surface area contributed by atoms with Crippen LogP contribution in [0.4, 0.5) is 5.69 Å². The summed E-state index contributed by atoms with van der Waals surface area (Å²) in [5.74, 6) is -0.422. The van der Waals surface area contributed by atoms with Crippen LogP contribution in [0.5, 0.6) is 11.5 Å². The molecule has 1 aromatic rings. The van der Waals surface area contributed by atoms with Crippen LogP contribution in [0.25, 0.3) is 0 Å². The van der Waals surface area contributed by atoms with E-state index in [4.69, 9.17) is 4.74 Å². The second-order valence-electron chi connectivity index (χ2n) is 4.08. The van der Waals surface area contributed by atoms with Gasteiger partial charge in [0.2, 0.25) is 11.8 Å². The minimum Gasteiger partial charge on any atom is -0.504 e. The van der Waals surface area contributed by atoms with E-state index in [1.165, 1.54) is 13.2 Å². The smallest absolute Gasteiger partial charge is 0.229 e. The van der Waals surface area contributed by atoms with Crippen LogP contribution >= 0.6 is 0 Å². The summed E-state index contributed by atoms with van der Waals surface area (Å²) in [6.07, 6.45) is 0.202. The quantitative estimate of drug-likeness (QED) is 0.728. The van der Waals surface area contributed by atoms with Crippen molar-refractivity contribution in [1.82, 2.24) is 5.32 Å². The van der Waals surface area contributed by atoms with Crippen LogP contribution in [0.2, 0.25) is 0 Å². The van der Waals surface area contributed by atoms with Gasteiger partial charge >= 0.3 is 0 Å². The Morgan fingerprint density at radius 3 is 2.89 bits per heavy atom. The van der Waals surface area contributed by atoms with Crippen molar-refractivity contribution < 1.29 is 19.4 Å². The third-order valence-corrected chi connectivity index (χ3v) is 2.79. The number of nitrogens with one attached hydrogen (secondary N) is 2. The molecule has 1 fully saturated rings. The van der Waals surface area contributed by atoms with Gasteiger partial charge in [0.15, 0.2) is 11.5 Å². The average molecular weight is 250 g/mol. The first-order valence-electron chi connectivity index (χ1n) is 5.54. The standard InChI is InChI=1S/C12H14N2O4/c1-18-10-3-2-8(5-9(10)15)14-12(17)7-4-11(16)13-6-7/h2-3,5,7,15H,4,6H2,1H3,(H,13,16)(H,14,17). The van der Waals surface area contributed by atoms with Crippen LogP contribution in [0.3, 0.4) is 0 Å². The van der Waals surface area contributed by atoms with Crippen LogP contribution in [0.1, 0.15) is 6.42 Å². The Morgan fingerprint density at radius 2 is 2.33 bits per heavy atom. The molecule has 0 radical (unpaired) electrons.